The van der Waals surface area contributed by atoms with E-state index < -0.39 is 17.9 Å². The van der Waals surface area contributed by atoms with Gasteiger partial charge < -0.3 is 29.6 Å². The quantitative estimate of drug-likeness (QED) is 0.394. The molecule has 0 saturated carbocycles. The second-order valence-electron chi connectivity index (χ2n) is 7.40. The third-order valence-electron chi connectivity index (χ3n) is 5.39. The first-order valence-electron chi connectivity index (χ1n) is 10.1. The molecule has 1 amide bonds. The number of para-hydroxylation sites is 1. The first kappa shape index (κ1) is 21.9. The van der Waals surface area contributed by atoms with E-state index in [0.717, 1.165) is 16.3 Å². The van der Waals surface area contributed by atoms with Crippen molar-refractivity contribution in [2.75, 3.05) is 21.3 Å². The van der Waals surface area contributed by atoms with Gasteiger partial charge in [-0.25, -0.2) is 4.98 Å². The van der Waals surface area contributed by atoms with Gasteiger partial charge in [0.15, 0.2) is 11.5 Å². The topological polar surface area (TPSA) is 123 Å². The molecule has 2 aromatic heterocycles. The molecular weight excluding hydrogens is 426 g/mol. The second kappa shape index (κ2) is 8.70. The highest BCUT2D eigenvalue weighted by Crippen LogP contribution is 2.42. The molecule has 2 heterocycles. The molecule has 1 atom stereocenters. The summed E-state index contributed by atoms with van der Waals surface area (Å²) < 4.78 is 16.4. The van der Waals surface area contributed by atoms with Crippen LogP contribution in [0.4, 0.5) is 0 Å². The van der Waals surface area contributed by atoms with Crippen LogP contribution in [0.5, 0.6) is 17.2 Å². The number of fused-ring (bicyclic) bond motifs is 3. The van der Waals surface area contributed by atoms with E-state index >= 15 is 0 Å². The van der Waals surface area contributed by atoms with E-state index in [9.17, 15) is 14.7 Å². The molecule has 9 nitrogen and oxygen atoms in total. The summed E-state index contributed by atoms with van der Waals surface area (Å²) in [6.07, 6.45) is 0. The van der Waals surface area contributed by atoms with E-state index in [1.165, 1.54) is 28.3 Å². The highest BCUT2D eigenvalue weighted by atomic mass is 16.5. The summed E-state index contributed by atoms with van der Waals surface area (Å²) in [5, 5.41) is 13.3. The second-order valence-corrected chi connectivity index (χ2v) is 7.40. The summed E-state index contributed by atoms with van der Waals surface area (Å²) >= 11 is 0. The average Bonchev–Trinajstić information content (AvgIpc) is 3.20. The largest absolute Gasteiger partial charge is 0.493 e. The predicted octanol–water partition coefficient (Wildman–Crippen LogP) is 3.61. The van der Waals surface area contributed by atoms with Crippen LogP contribution in [-0.2, 0) is 4.79 Å². The fourth-order valence-electron chi connectivity index (χ4n) is 3.72. The number of H-pyrrole nitrogens is 1. The van der Waals surface area contributed by atoms with E-state index in [4.69, 9.17) is 14.2 Å². The van der Waals surface area contributed by atoms with Gasteiger partial charge in [0.1, 0.15) is 11.7 Å². The molecule has 33 heavy (non-hydrogen) atoms. The zero-order valence-electron chi connectivity index (χ0n) is 18.6. The molecule has 0 fully saturated rings. The van der Waals surface area contributed by atoms with E-state index in [-0.39, 0.29) is 5.69 Å². The van der Waals surface area contributed by atoms with Gasteiger partial charge in [0.2, 0.25) is 5.75 Å². The minimum Gasteiger partial charge on any atom is -0.493 e. The number of benzene rings is 2. The van der Waals surface area contributed by atoms with Gasteiger partial charge in [-0.2, -0.15) is 0 Å². The summed E-state index contributed by atoms with van der Waals surface area (Å²) in [5.41, 5.74) is 2.79. The van der Waals surface area contributed by atoms with Crippen LogP contribution in [0, 0.1) is 0 Å². The zero-order chi connectivity index (χ0) is 23.7. The highest BCUT2D eigenvalue weighted by molar-refractivity contribution is 6.13. The molecule has 0 spiro atoms. The van der Waals surface area contributed by atoms with Crippen molar-refractivity contribution >= 4 is 33.7 Å². The van der Waals surface area contributed by atoms with Crippen LogP contribution in [0.25, 0.3) is 33.1 Å². The molecule has 4 aromatic rings. The zero-order valence-corrected chi connectivity index (χ0v) is 18.6. The number of aliphatic carboxylic acids is 1. The number of amides is 1. The van der Waals surface area contributed by atoms with Crippen molar-refractivity contribution in [1.82, 2.24) is 15.3 Å². The lowest BCUT2D eigenvalue weighted by molar-refractivity contribution is -0.138. The Kier molecular flexibility index (Phi) is 5.78. The molecule has 4 rings (SSSR count). The Morgan fingerprint density at radius 2 is 1.67 bits per heavy atom. The minimum atomic E-state index is -1.14. The number of carboxylic acid groups (broad SMARTS) is 1. The third-order valence-corrected chi connectivity index (χ3v) is 5.39. The third kappa shape index (κ3) is 3.89. The van der Waals surface area contributed by atoms with Gasteiger partial charge in [-0.1, -0.05) is 18.2 Å². The predicted molar refractivity (Wildman–Crippen MR) is 123 cm³/mol. The summed E-state index contributed by atoms with van der Waals surface area (Å²) in [6.45, 7) is 1.39. The summed E-state index contributed by atoms with van der Waals surface area (Å²) in [6, 6.07) is 11.8. The van der Waals surface area contributed by atoms with Crippen LogP contribution >= 0.6 is 0 Å². The lowest BCUT2D eigenvalue weighted by atomic mass is 10.0. The number of nitrogens with zero attached hydrogens (tertiary/aromatic N) is 1. The molecule has 9 heteroatoms. The van der Waals surface area contributed by atoms with Gasteiger partial charge >= 0.3 is 5.97 Å². The number of methoxy groups -OCH3 is 3. The molecule has 0 saturated heterocycles. The van der Waals surface area contributed by atoms with Crippen LogP contribution in [0.2, 0.25) is 0 Å². The van der Waals surface area contributed by atoms with Crippen molar-refractivity contribution in [3.05, 3.63) is 48.2 Å². The number of carbonyl (C=O) groups excluding carboxylic acids is 1. The van der Waals surface area contributed by atoms with Crippen LogP contribution in [0.1, 0.15) is 17.4 Å². The van der Waals surface area contributed by atoms with Crippen LogP contribution in [-0.4, -0.2) is 54.3 Å². The smallest absolute Gasteiger partial charge is 0.325 e. The van der Waals surface area contributed by atoms with Gasteiger partial charge in [-0.15, -0.1) is 0 Å². The molecule has 0 radical (unpaired) electrons. The van der Waals surface area contributed by atoms with E-state index in [1.807, 2.05) is 24.3 Å². The fraction of sp³-hybridized carbons (Fsp3) is 0.208. The Hall–Kier alpha value is -4.27. The molecule has 0 unspecified atom stereocenters. The first-order valence-corrected chi connectivity index (χ1v) is 10.1. The number of aromatic nitrogens is 2. The Labute approximate surface area is 189 Å². The summed E-state index contributed by atoms with van der Waals surface area (Å²) in [5.74, 6) is -0.424. The number of hydrogen-bond acceptors (Lipinski definition) is 6. The van der Waals surface area contributed by atoms with E-state index in [0.29, 0.717) is 34.0 Å². The number of rotatable bonds is 7. The number of aromatic amines is 1. The molecule has 2 aromatic carbocycles. The number of pyridine rings is 1. The SMILES string of the molecule is COc1cc(-c2nc(C(=O)N[C@H](C)C(=O)O)cc3c2[nH]c2ccccc23)cc(OC)c1OC. The van der Waals surface area contributed by atoms with Gasteiger partial charge in [0.05, 0.1) is 32.5 Å². The maximum Gasteiger partial charge on any atom is 0.325 e. The maximum absolute atomic E-state index is 12.9. The Morgan fingerprint density at radius 1 is 1.00 bits per heavy atom. The van der Waals surface area contributed by atoms with Gasteiger partial charge in [-0.05, 0) is 31.2 Å². The Bertz CT molecular complexity index is 1350. The fourth-order valence-corrected chi connectivity index (χ4v) is 3.72. The van der Waals surface area contributed by atoms with Gasteiger partial charge in [0, 0.05) is 21.9 Å². The average molecular weight is 449 g/mol. The Balaban J connectivity index is 1.99. The highest BCUT2D eigenvalue weighted by Gasteiger charge is 2.22. The number of carboxylic acids is 1. The molecule has 0 aliphatic rings. The number of carbonyl (C=O) groups is 2. The van der Waals surface area contributed by atoms with Crippen molar-refractivity contribution in [3.8, 4) is 28.5 Å². The molecule has 0 bridgehead atoms. The lowest BCUT2D eigenvalue weighted by Gasteiger charge is -2.15. The molecule has 0 aliphatic heterocycles. The summed E-state index contributed by atoms with van der Waals surface area (Å²) in [7, 11) is 4.55. The van der Waals surface area contributed by atoms with Crippen LogP contribution in [0.15, 0.2) is 42.5 Å². The Morgan fingerprint density at radius 3 is 2.27 bits per heavy atom. The number of ether oxygens (including phenoxy) is 3. The normalized spacial score (nSPS) is 11.9. The monoisotopic (exact) mass is 449 g/mol. The molecule has 3 N–H and O–H groups in total. The number of hydrogen-bond donors (Lipinski definition) is 3. The van der Waals surface area contributed by atoms with Crippen molar-refractivity contribution in [2.24, 2.45) is 0 Å². The van der Waals surface area contributed by atoms with Crippen molar-refractivity contribution in [1.29, 1.82) is 0 Å². The van der Waals surface area contributed by atoms with Crippen LogP contribution < -0.4 is 19.5 Å². The van der Waals surface area contributed by atoms with Crippen molar-refractivity contribution in [2.45, 2.75) is 13.0 Å². The summed E-state index contributed by atoms with van der Waals surface area (Å²) in [4.78, 5) is 32.1. The lowest BCUT2D eigenvalue weighted by Crippen LogP contribution is -2.38. The first-order chi connectivity index (χ1) is 15.9. The van der Waals surface area contributed by atoms with Gasteiger partial charge in [-0.3, -0.25) is 9.59 Å². The van der Waals surface area contributed by atoms with E-state index in [1.54, 1.807) is 18.2 Å². The van der Waals surface area contributed by atoms with Crippen molar-refractivity contribution < 1.29 is 28.9 Å². The van der Waals surface area contributed by atoms with Gasteiger partial charge in [0.25, 0.3) is 5.91 Å². The van der Waals surface area contributed by atoms with E-state index in [2.05, 4.69) is 15.3 Å². The number of nitrogens with one attached hydrogen (secondary N) is 2. The molecular formula is C24H23N3O6. The molecule has 170 valence electrons. The standard InChI is InChI=1S/C24H23N3O6/c1-12(24(29)30)25-23(28)17-11-15-14-7-5-6-8-16(14)26-21(15)20(27-17)13-9-18(31-2)22(33-4)19(10-13)32-3/h5-12,26H,1-4H3,(H,25,28)(H,29,30)/t12-/m1/s1. The van der Waals surface area contributed by atoms with Crippen LogP contribution in [0.3, 0.4) is 0 Å². The molecule has 0 aliphatic carbocycles. The minimum absolute atomic E-state index is 0.0871. The van der Waals surface area contributed by atoms with Crippen molar-refractivity contribution in [3.63, 3.8) is 0 Å². The maximum atomic E-state index is 12.9.